The minimum absolute atomic E-state index is 0.258. The van der Waals surface area contributed by atoms with E-state index in [1.54, 1.807) is 0 Å². The molecule has 1 N–H and O–H groups in total. The van der Waals surface area contributed by atoms with E-state index in [4.69, 9.17) is 0 Å². The fraction of sp³-hybridized carbons (Fsp3) is 0.917. The smallest absolute Gasteiger partial charge is 0.320 e. The molecule has 2 unspecified atom stereocenters. The SMILES string of the molecule is CC1CCN(CCCN(C)C)C(C(=O)O)C1. The second-order valence-electron chi connectivity index (χ2n) is 5.18. The molecule has 0 aromatic heterocycles. The highest BCUT2D eigenvalue weighted by Crippen LogP contribution is 2.22. The monoisotopic (exact) mass is 228 g/mol. The summed E-state index contributed by atoms with van der Waals surface area (Å²) >= 11 is 0. The van der Waals surface area contributed by atoms with Crippen LogP contribution in [-0.2, 0) is 4.79 Å². The first-order valence-corrected chi connectivity index (χ1v) is 6.12. The van der Waals surface area contributed by atoms with Gasteiger partial charge in [0.15, 0.2) is 0 Å². The molecule has 4 heteroatoms. The largest absolute Gasteiger partial charge is 0.480 e. The number of piperidine rings is 1. The van der Waals surface area contributed by atoms with Crippen LogP contribution in [0.2, 0.25) is 0 Å². The van der Waals surface area contributed by atoms with Gasteiger partial charge >= 0.3 is 5.97 Å². The van der Waals surface area contributed by atoms with Gasteiger partial charge in [0.25, 0.3) is 0 Å². The Bertz CT molecular complexity index is 231. The van der Waals surface area contributed by atoms with Crippen LogP contribution in [0.3, 0.4) is 0 Å². The zero-order chi connectivity index (χ0) is 12.1. The normalized spacial score (nSPS) is 27.2. The Morgan fingerprint density at radius 3 is 2.75 bits per heavy atom. The van der Waals surface area contributed by atoms with Gasteiger partial charge in [0, 0.05) is 6.54 Å². The Hall–Kier alpha value is -0.610. The van der Waals surface area contributed by atoms with E-state index in [1.165, 1.54) is 0 Å². The number of rotatable bonds is 5. The van der Waals surface area contributed by atoms with Crippen molar-refractivity contribution in [3.05, 3.63) is 0 Å². The van der Waals surface area contributed by atoms with Crippen molar-refractivity contribution in [1.29, 1.82) is 0 Å². The van der Waals surface area contributed by atoms with Crippen LogP contribution in [0.25, 0.3) is 0 Å². The van der Waals surface area contributed by atoms with Gasteiger partial charge in [-0.3, -0.25) is 9.69 Å². The number of likely N-dealkylation sites (tertiary alicyclic amines) is 1. The topological polar surface area (TPSA) is 43.8 Å². The molecule has 94 valence electrons. The molecular formula is C12H24N2O2. The standard InChI is InChI=1S/C12H24N2O2/c1-10-5-8-14(7-4-6-13(2)3)11(9-10)12(15)16/h10-11H,4-9H2,1-3H3,(H,15,16). The maximum atomic E-state index is 11.2. The summed E-state index contributed by atoms with van der Waals surface area (Å²) in [6.45, 7) is 5.01. The van der Waals surface area contributed by atoms with E-state index in [2.05, 4.69) is 16.7 Å². The molecule has 1 rings (SSSR count). The molecule has 16 heavy (non-hydrogen) atoms. The van der Waals surface area contributed by atoms with Crippen molar-refractivity contribution >= 4 is 5.97 Å². The van der Waals surface area contributed by atoms with E-state index in [0.29, 0.717) is 5.92 Å². The van der Waals surface area contributed by atoms with Crippen molar-refractivity contribution in [1.82, 2.24) is 9.80 Å². The van der Waals surface area contributed by atoms with Crippen molar-refractivity contribution in [2.75, 3.05) is 33.7 Å². The molecule has 1 aliphatic heterocycles. The Kier molecular flexibility index (Phi) is 5.22. The maximum absolute atomic E-state index is 11.2. The lowest BCUT2D eigenvalue weighted by Gasteiger charge is -2.36. The van der Waals surface area contributed by atoms with Crippen LogP contribution in [0.15, 0.2) is 0 Å². The number of nitrogens with zero attached hydrogens (tertiary/aromatic N) is 2. The van der Waals surface area contributed by atoms with Crippen LogP contribution in [0, 0.1) is 5.92 Å². The third-order valence-electron chi connectivity index (χ3n) is 3.31. The van der Waals surface area contributed by atoms with Crippen LogP contribution in [0.1, 0.15) is 26.2 Å². The number of aliphatic carboxylic acids is 1. The Balaban J connectivity index is 2.40. The van der Waals surface area contributed by atoms with E-state index in [-0.39, 0.29) is 6.04 Å². The number of carboxylic acids is 1. The van der Waals surface area contributed by atoms with E-state index >= 15 is 0 Å². The fourth-order valence-corrected chi connectivity index (χ4v) is 2.30. The molecule has 0 aromatic carbocycles. The summed E-state index contributed by atoms with van der Waals surface area (Å²) in [6, 6.07) is -0.258. The molecule has 0 saturated carbocycles. The lowest BCUT2D eigenvalue weighted by Crippen LogP contribution is -2.47. The highest BCUT2D eigenvalue weighted by Gasteiger charge is 2.30. The zero-order valence-electron chi connectivity index (χ0n) is 10.6. The van der Waals surface area contributed by atoms with Gasteiger partial charge in [-0.2, -0.15) is 0 Å². The number of hydrogen-bond acceptors (Lipinski definition) is 3. The predicted octanol–water partition coefficient (Wildman–Crippen LogP) is 1.12. The van der Waals surface area contributed by atoms with E-state index < -0.39 is 5.97 Å². The zero-order valence-corrected chi connectivity index (χ0v) is 10.6. The van der Waals surface area contributed by atoms with Crippen LogP contribution in [0.4, 0.5) is 0 Å². The number of hydrogen-bond donors (Lipinski definition) is 1. The summed E-state index contributed by atoms with van der Waals surface area (Å²) in [4.78, 5) is 15.4. The van der Waals surface area contributed by atoms with Crippen LogP contribution in [-0.4, -0.2) is 60.6 Å². The maximum Gasteiger partial charge on any atom is 0.320 e. The third-order valence-corrected chi connectivity index (χ3v) is 3.31. The Labute approximate surface area is 98.2 Å². The number of carbonyl (C=O) groups is 1. The highest BCUT2D eigenvalue weighted by atomic mass is 16.4. The van der Waals surface area contributed by atoms with Gasteiger partial charge in [0.05, 0.1) is 0 Å². The summed E-state index contributed by atoms with van der Waals surface area (Å²) < 4.78 is 0. The van der Waals surface area contributed by atoms with Crippen molar-refractivity contribution in [3.8, 4) is 0 Å². The summed E-state index contributed by atoms with van der Waals surface area (Å²) in [5.41, 5.74) is 0. The summed E-state index contributed by atoms with van der Waals surface area (Å²) in [7, 11) is 4.10. The van der Waals surface area contributed by atoms with E-state index in [0.717, 1.165) is 38.9 Å². The Morgan fingerprint density at radius 2 is 2.19 bits per heavy atom. The van der Waals surface area contributed by atoms with Gasteiger partial charge in [0.2, 0.25) is 0 Å². The molecule has 2 atom stereocenters. The average molecular weight is 228 g/mol. The van der Waals surface area contributed by atoms with Gasteiger partial charge < -0.3 is 10.0 Å². The molecule has 1 heterocycles. The molecule has 1 saturated heterocycles. The second kappa shape index (κ2) is 6.21. The molecule has 0 aromatic rings. The summed E-state index contributed by atoms with van der Waals surface area (Å²) in [5.74, 6) is -0.109. The number of carboxylic acid groups (broad SMARTS) is 1. The summed E-state index contributed by atoms with van der Waals surface area (Å²) in [6.07, 6.45) is 2.98. The molecule has 0 amide bonds. The van der Waals surface area contributed by atoms with Gasteiger partial charge in [0.1, 0.15) is 6.04 Å². The second-order valence-corrected chi connectivity index (χ2v) is 5.18. The first-order valence-electron chi connectivity index (χ1n) is 6.12. The van der Waals surface area contributed by atoms with Crippen molar-refractivity contribution in [2.45, 2.75) is 32.2 Å². The van der Waals surface area contributed by atoms with Gasteiger partial charge in [-0.1, -0.05) is 6.92 Å². The van der Waals surface area contributed by atoms with E-state index in [1.807, 2.05) is 14.1 Å². The minimum atomic E-state index is -0.656. The predicted molar refractivity (Wildman–Crippen MR) is 64.6 cm³/mol. The highest BCUT2D eigenvalue weighted by molar-refractivity contribution is 5.73. The van der Waals surface area contributed by atoms with Crippen LogP contribution in [0.5, 0.6) is 0 Å². The minimum Gasteiger partial charge on any atom is -0.480 e. The Morgan fingerprint density at radius 1 is 1.50 bits per heavy atom. The molecule has 4 nitrogen and oxygen atoms in total. The molecule has 0 radical (unpaired) electrons. The van der Waals surface area contributed by atoms with Crippen LogP contribution < -0.4 is 0 Å². The molecule has 0 bridgehead atoms. The average Bonchev–Trinajstić information content (AvgIpc) is 2.19. The molecule has 1 aliphatic rings. The van der Waals surface area contributed by atoms with Crippen molar-refractivity contribution in [3.63, 3.8) is 0 Å². The molecule has 0 spiro atoms. The van der Waals surface area contributed by atoms with Gasteiger partial charge in [-0.15, -0.1) is 0 Å². The van der Waals surface area contributed by atoms with Crippen molar-refractivity contribution < 1.29 is 9.90 Å². The third kappa shape index (κ3) is 4.10. The molecule has 0 aliphatic carbocycles. The molecular weight excluding hydrogens is 204 g/mol. The first kappa shape index (κ1) is 13.5. The van der Waals surface area contributed by atoms with E-state index in [9.17, 15) is 9.90 Å². The van der Waals surface area contributed by atoms with Crippen LogP contribution >= 0.6 is 0 Å². The quantitative estimate of drug-likeness (QED) is 0.766. The van der Waals surface area contributed by atoms with Gasteiger partial charge in [-0.05, 0) is 52.4 Å². The summed E-state index contributed by atoms with van der Waals surface area (Å²) in [5, 5.41) is 9.18. The molecule has 1 fully saturated rings. The van der Waals surface area contributed by atoms with Crippen molar-refractivity contribution in [2.24, 2.45) is 5.92 Å². The van der Waals surface area contributed by atoms with Gasteiger partial charge in [-0.25, -0.2) is 0 Å². The lowest BCUT2D eigenvalue weighted by atomic mass is 9.92. The first-order chi connectivity index (χ1) is 7.50. The fourth-order valence-electron chi connectivity index (χ4n) is 2.30. The lowest BCUT2D eigenvalue weighted by molar-refractivity contribution is -0.145.